The lowest BCUT2D eigenvalue weighted by Crippen LogP contribution is -2.32. The zero-order valence-corrected chi connectivity index (χ0v) is 13.4. The fraction of sp³-hybridized carbons (Fsp3) is 0.714. The first kappa shape index (κ1) is 16.1. The van der Waals surface area contributed by atoms with Gasteiger partial charge in [-0.1, -0.05) is 13.8 Å². The molecule has 1 rings (SSSR count). The number of rotatable bonds is 8. The molecular formula is C14H25N3OS. The Morgan fingerprint density at radius 1 is 1.37 bits per heavy atom. The van der Waals surface area contributed by atoms with Crippen LogP contribution in [-0.2, 0) is 0 Å². The second kappa shape index (κ2) is 7.58. The highest BCUT2D eigenvalue weighted by Crippen LogP contribution is 2.30. The summed E-state index contributed by atoms with van der Waals surface area (Å²) in [6.07, 6.45) is 6.26. The van der Waals surface area contributed by atoms with Gasteiger partial charge in [-0.15, -0.1) is 0 Å². The summed E-state index contributed by atoms with van der Waals surface area (Å²) < 4.78 is 5.82. The molecule has 19 heavy (non-hydrogen) atoms. The number of nitrogens with zero attached hydrogens (tertiary/aromatic N) is 2. The minimum atomic E-state index is 0.124. The monoisotopic (exact) mass is 283 g/mol. The lowest BCUT2D eigenvalue weighted by molar-refractivity contribution is 0.232. The maximum atomic E-state index is 5.57. The van der Waals surface area contributed by atoms with Crippen LogP contribution in [0, 0.1) is 0 Å². The van der Waals surface area contributed by atoms with Crippen LogP contribution in [0.3, 0.4) is 0 Å². The molecule has 0 aliphatic rings. The summed E-state index contributed by atoms with van der Waals surface area (Å²) >= 11 is 1.90. The van der Waals surface area contributed by atoms with Gasteiger partial charge in [-0.25, -0.2) is 4.98 Å². The number of thioether (sulfide) groups is 1. The third-order valence-corrected chi connectivity index (χ3v) is 4.86. The molecule has 0 aromatic carbocycles. The Balaban J connectivity index is 2.66. The van der Waals surface area contributed by atoms with E-state index in [0.29, 0.717) is 11.8 Å². The molecular weight excluding hydrogens is 258 g/mol. The van der Waals surface area contributed by atoms with Gasteiger partial charge in [0.1, 0.15) is 0 Å². The molecule has 0 bridgehead atoms. The average molecular weight is 283 g/mol. The molecule has 0 unspecified atom stereocenters. The minimum absolute atomic E-state index is 0.124. The summed E-state index contributed by atoms with van der Waals surface area (Å²) in [4.78, 5) is 8.61. The third kappa shape index (κ3) is 4.90. The SMILES string of the molecule is CCC(CC)(CNc1nccc(OC(C)C)n1)SC. The Hall–Kier alpha value is -0.970. The van der Waals surface area contributed by atoms with Gasteiger partial charge >= 0.3 is 0 Å². The van der Waals surface area contributed by atoms with Gasteiger partial charge in [-0.3, -0.25) is 0 Å². The van der Waals surface area contributed by atoms with E-state index in [1.807, 2.05) is 25.6 Å². The van der Waals surface area contributed by atoms with E-state index in [2.05, 4.69) is 35.4 Å². The van der Waals surface area contributed by atoms with Crippen molar-refractivity contribution in [2.45, 2.75) is 51.4 Å². The summed E-state index contributed by atoms with van der Waals surface area (Å²) in [5, 5.41) is 3.33. The molecule has 4 nitrogen and oxygen atoms in total. The molecule has 1 aromatic rings. The summed E-state index contributed by atoms with van der Waals surface area (Å²) in [5.74, 6) is 1.26. The van der Waals surface area contributed by atoms with E-state index in [1.165, 1.54) is 0 Å². The number of hydrogen-bond donors (Lipinski definition) is 1. The minimum Gasteiger partial charge on any atom is -0.475 e. The summed E-state index contributed by atoms with van der Waals surface area (Å²) in [5.41, 5.74) is 0. The number of anilines is 1. The molecule has 0 saturated carbocycles. The van der Waals surface area contributed by atoms with Gasteiger partial charge in [0, 0.05) is 23.6 Å². The lowest BCUT2D eigenvalue weighted by atomic mass is 10.0. The molecule has 1 aromatic heterocycles. The van der Waals surface area contributed by atoms with Crippen LogP contribution in [0.2, 0.25) is 0 Å². The first-order valence-electron chi connectivity index (χ1n) is 6.84. The highest BCUT2D eigenvalue weighted by Gasteiger charge is 2.24. The molecule has 0 amide bonds. The van der Waals surface area contributed by atoms with Crippen molar-refractivity contribution in [1.82, 2.24) is 9.97 Å². The molecule has 1 N–H and O–H groups in total. The zero-order chi connectivity index (χ0) is 14.3. The van der Waals surface area contributed by atoms with Gasteiger partial charge in [-0.05, 0) is 32.9 Å². The molecule has 5 heteroatoms. The van der Waals surface area contributed by atoms with Gasteiger partial charge < -0.3 is 10.1 Å². The Bertz CT molecular complexity index is 372. The van der Waals surface area contributed by atoms with E-state index in [-0.39, 0.29) is 10.9 Å². The first-order chi connectivity index (χ1) is 9.05. The Labute approximate surface area is 120 Å². The Morgan fingerprint density at radius 2 is 2.05 bits per heavy atom. The van der Waals surface area contributed by atoms with E-state index in [4.69, 9.17) is 4.74 Å². The lowest BCUT2D eigenvalue weighted by Gasteiger charge is -2.29. The van der Waals surface area contributed by atoms with Crippen LogP contribution in [0.5, 0.6) is 5.88 Å². The van der Waals surface area contributed by atoms with Crippen LogP contribution in [0.15, 0.2) is 12.3 Å². The number of nitrogens with one attached hydrogen (secondary N) is 1. The van der Waals surface area contributed by atoms with Gasteiger partial charge in [0.15, 0.2) is 0 Å². The van der Waals surface area contributed by atoms with Crippen molar-refractivity contribution in [3.63, 3.8) is 0 Å². The average Bonchev–Trinajstić information content (AvgIpc) is 2.41. The molecule has 0 radical (unpaired) electrons. The third-order valence-electron chi connectivity index (χ3n) is 3.28. The van der Waals surface area contributed by atoms with Crippen molar-refractivity contribution in [2.75, 3.05) is 18.1 Å². The van der Waals surface area contributed by atoms with Crippen molar-refractivity contribution >= 4 is 17.7 Å². The van der Waals surface area contributed by atoms with Crippen LogP contribution in [-0.4, -0.2) is 33.6 Å². The quantitative estimate of drug-likeness (QED) is 0.790. The highest BCUT2D eigenvalue weighted by molar-refractivity contribution is 8.00. The Kier molecular flexibility index (Phi) is 6.42. The van der Waals surface area contributed by atoms with Crippen LogP contribution < -0.4 is 10.1 Å². The standard InChI is InChI=1S/C14H25N3OS/c1-6-14(7-2,19-5)10-16-13-15-9-8-12(17-13)18-11(3)4/h8-9,11H,6-7,10H2,1-5H3,(H,15,16,17). The van der Waals surface area contributed by atoms with Crippen molar-refractivity contribution in [1.29, 1.82) is 0 Å². The Morgan fingerprint density at radius 3 is 2.58 bits per heavy atom. The number of aromatic nitrogens is 2. The normalized spacial score (nSPS) is 11.7. The van der Waals surface area contributed by atoms with Crippen molar-refractivity contribution in [3.05, 3.63) is 12.3 Å². The van der Waals surface area contributed by atoms with Crippen LogP contribution in [0.4, 0.5) is 5.95 Å². The zero-order valence-electron chi connectivity index (χ0n) is 12.6. The fourth-order valence-corrected chi connectivity index (χ4v) is 2.63. The molecule has 0 fully saturated rings. The highest BCUT2D eigenvalue weighted by atomic mass is 32.2. The van der Waals surface area contributed by atoms with E-state index < -0.39 is 0 Å². The van der Waals surface area contributed by atoms with Crippen LogP contribution in [0.25, 0.3) is 0 Å². The molecule has 0 spiro atoms. The van der Waals surface area contributed by atoms with Crippen molar-refractivity contribution < 1.29 is 4.74 Å². The van der Waals surface area contributed by atoms with Gasteiger partial charge in [0.05, 0.1) is 6.10 Å². The van der Waals surface area contributed by atoms with E-state index in [1.54, 1.807) is 12.3 Å². The van der Waals surface area contributed by atoms with Gasteiger partial charge in [-0.2, -0.15) is 16.7 Å². The molecule has 0 atom stereocenters. The van der Waals surface area contributed by atoms with Gasteiger partial charge in [0.2, 0.25) is 11.8 Å². The molecule has 0 aliphatic heterocycles. The van der Waals surface area contributed by atoms with Crippen molar-refractivity contribution in [3.8, 4) is 5.88 Å². The van der Waals surface area contributed by atoms with E-state index in [0.717, 1.165) is 19.4 Å². The second-order valence-electron chi connectivity index (χ2n) is 4.83. The molecule has 0 aliphatic carbocycles. The first-order valence-corrected chi connectivity index (χ1v) is 8.06. The van der Waals surface area contributed by atoms with Crippen molar-refractivity contribution in [2.24, 2.45) is 0 Å². The second-order valence-corrected chi connectivity index (χ2v) is 6.11. The fourth-order valence-electron chi connectivity index (χ4n) is 1.84. The predicted molar refractivity (Wildman–Crippen MR) is 83.1 cm³/mol. The van der Waals surface area contributed by atoms with Crippen LogP contribution >= 0.6 is 11.8 Å². The van der Waals surface area contributed by atoms with Gasteiger partial charge in [0.25, 0.3) is 0 Å². The molecule has 108 valence electrons. The maximum absolute atomic E-state index is 5.57. The molecule has 0 saturated heterocycles. The van der Waals surface area contributed by atoms with E-state index in [9.17, 15) is 0 Å². The number of hydrogen-bond acceptors (Lipinski definition) is 5. The van der Waals surface area contributed by atoms with Crippen LogP contribution in [0.1, 0.15) is 40.5 Å². The smallest absolute Gasteiger partial charge is 0.225 e. The molecule has 1 heterocycles. The summed E-state index contributed by atoms with van der Waals surface area (Å²) in [6, 6.07) is 1.78. The van der Waals surface area contributed by atoms with E-state index >= 15 is 0 Å². The summed E-state index contributed by atoms with van der Waals surface area (Å²) in [6.45, 7) is 9.29. The summed E-state index contributed by atoms with van der Waals surface area (Å²) in [7, 11) is 0. The largest absolute Gasteiger partial charge is 0.475 e. The number of ether oxygens (including phenoxy) is 1. The topological polar surface area (TPSA) is 47.0 Å². The maximum Gasteiger partial charge on any atom is 0.225 e. The predicted octanol–water partition coefficient (Wildman–Crippen LogP) is 3.60.